The summed E-state index contributed by atoms with van der Waals surface area (Å²) < 4.78 is 16.5. The largest absolute Gasteiger partial charge is 0.383 e. The molecule has 1 fully saturated rings. The van der Waals surface area contributed by atoms with Gasteiger partial charge in [0.2, 0.25) is 0 Å². The van der Waals surface area contributed by atoms with E-state index >= 15 is 0 Å². The first-order valence-corrected chi connectivity index (χ1v) is 7.26. The molecule has 2 rings (SSSR count). The average molecular weight is 300 g/mol. The molecule has 0 amide bonds. The van der Waals surface area contributed by atoms with Crippen molar-refractivity contribution in [1.82, 2.24) is 5.32 Å². The highest BCUT2D eigenvalue weighted by Crippen LogP contribution is 2.23. The molecule has 1 aromatic rings. The zero-order valence-corrected chi connectivity index (χ0v) is 12.8. The van der Waals surface area contributed by atoms with E-state index in [1.807, 2.05) is 31.2 Å². The number of nitrogens with one attached hydrogen (secondary N) is 1. The predicted octanol–water partition coefficient (Wildman–Crippen LogP) is 2.77. The number of methoxy groups -OCH3 is 1. The average Bonchev–Trinajstić information content (AvgIpc) is 2.86. The highest BCUT2D eigenvalue weighted by molar-refractivity contribution is 6.30. The molecule has 1 aromatic carbocycles. The Balaban J connectivity index is 1.87. The third-order valence-electron chi connectivity index (χ3n) is 3.47. The molecule has 0 radical (unpaired) electrons. The number of rotatable bonds is 7. The van der Waals surface area contributed by atoms with Gasteiger partial charge in [-0.05, 0) is 24.6 Å². The molecule has 1 aliphatic heterocycles. The van der Waals surface area contributed by atoms with Crippen LogP contribution >= 0.6 is 11.6 Å². The Bertz CT molecular complexity index is 404. The molecule has 112 valence electrons. The van der Waals surface area contributed by atoms with Gasteiger partial charge >= 0.3 is 0 Å². The topological polar surface area (TPSA) is 39.7 Å². The summed E-state index contributed by atoms with van der Waals surface area (Å²) in [6.07, 6.45) is 0.806. The fourth-order valence-corrected chi connectivity index (χ4v) is 2.44. The Kier molecular flexibility index (Phi) is 5.81. The van der Waals surface area contributed by atoms with E-state index in [2.05, 4.69) is 5.32 Å². The maximum atomic E-state index is 5.92. The zero-order valence-electron chi connectivity index (χ0n) is 12.0. The molecule has 5 heteroatoms. The Morgan fingerprint density at radius 1 is 1.30 bits per heavy atom. The lowest BCUT2D eigenvalue weighted by molar-refractivity contribution is -0.146. The van der Waals surface area contributed by atoms with Gasteiger partial charge in [0.25, 0.3) is 0 Å². The zero-order chi connectivity index (χ0) is 14.4. The van der Waals surface area contributed by atoms with Crippen molar-refractivity contribution in [3.8, 4) is 0 Å². The molecule has 0 unspecified atom stereocenters. The van der Waals surface area contributed by atoms with Crippen LogP contribution in [0.3, 0.4) is 0 Å². The van der Waals surface area contributed by atoms with Crippen molar-refractivity contribution in [3.05, 3.63) is 34.9 Å². The van der Waals surface area contributed by atoms with Gasteiger partial charge in [0, 0.05) is 25.1 Å². The van der Waals surface area contributed by atoms with E-state index in [1.165, 1.54) is 0 Å². The summed E-state index contributed by atoms with van der Waals surface area (Å²) in [6, 6.07) is 7.96. The summed E-state index contributed by atoms with van der Waals surface area (Å²) in [5.41, 5.74) is 1.16. The van der Waals surface area contributed by atoms with Gasteiger partial charge in [0.15, 0.2) is 5.79 Å². The molecular formula is C15H22ClNO3. The van der Waals surface area contributed by atoms with Crippen LogP contribution in [0.15, 0.2) is 24.3 Å². The summed E-state index contributed by atoms with van der Waals surface area (Å²) in [7, 11) is 1.70. The van der Waals surface area contributed by atoms with Crippen LogP contribution < -0.4 is 5.32 Å². The number of halogens is 1. The van der Waals surface area contributed by atoms with Gasteiger partial charge in [-0.25, -0.2) is 0 Å². The minimum atomic E-state index is -0.454. The van der Waals surface area contributed by atoms with E-state index in [4.69, 9.17) is 25.8 Å². The minimum absolute atomic E-state index is 0.141. The van der Waals surface area contributed by atoms with Crippen molar-refractivity contribution in [3.63, 3.8) is 0 Å². The first-order valence-electron chi connectivity index (χ1n) is 6.89. The maximum absolute atomic E-state index is 5.92. The molecule has 0 bridgehead atoms. The van der Waals surface area contributed by atoms with Crippen LogP contribution in [0.4, 0.5) is 0 Å². The predicted molar refractivity (Wildman–Crippen MR) is 79.0 cm³/mol. The lowest BCUT2D eigenvalue weighted by Gasteiger charge is -2.24. The molecule has 20 heavy (non-hydrogen) atoms. The molecule has 0 saturated carbocycles. The lowest BCUT2D eigenvalue weighted by Crippen LogP contribution is -2.33. The molecule has 4 nitrogen and oxygen atoms in total. The highest BCUT2D eigenvalue weighted by atomic mass is 35.5. The van der Waals surface area contributed by atoms with Crippen molar-refractivity contribution in [2.45, 2.75) is 25.2 Å². The Morgan fingerprint density at radius 2 is 1.95 bits per heavy atom. The Labute approximate surface area is 125 Å². The van der Waals surface area contributed by atoms with Gasteiger partial charge in [-0.2, -0.15) is 0 Å². The van der Waals surface area contributed by atoms with Crippen LogP contribution in [0.5, 0.6) is 0 Å². The fourth-order valence-electron chi connectivity index (χ4n) is 2.31. The molecule has 0 aliphatic carbocycles. The van der Waals surface area contributed by atoms with Crippen LogP contribution in [-0.2, 0) is 14.2 Å². The van der Waals surface area contributed by atoms with E-state index in [0.717, 1.165) is 23.6 Å². The van der Waals surface area contributed by atoms with Gasteiger partial charge in [-0.1, -0.05) is 23.7 Å². The van der Waals surface area contributed by atoms with E-state index in [-0.39, 0.29) is 6.04 Å². The molecule has 0 spiro atoms. The normalized spacial score (nSPS) is 19.1. The summed E-state index contributed by atoms with van der Waals surface area (Å²) >= 11 is 5.92. The quantitative estimate of drug-likeness (QED) is 0.840. The number of hydrogen-bond donors (Lipinski definition) is 1. The van der Waals surface area contributed by atoms with Gasteiger partial charge < -0.3 is 19.5 Å². The first kappa shape index (κ1) is 15.7. The SMILES string of the molecule is COC[C@@H](NCCC1(C)OCCO1)c1ccc(Cl)cc1. The summed E-state index contributed by atoms with van der Waals surface area (Å²) in [5.74, 6) is -0.454. The molecule has 0 aromatic heterocycles. The summed E-state index contributed by atoms with van der Waals surface area (Å²) in [6.45, 7) is 4.74. The van der Waals surface area contributed by atoms with E-state index in [0.29, 0.717) is 19.8 Å². The third-order valence-corrected chi connectivity index (χ3v) is 3.73. The summed E-state index contributed by atoms with van der Waals surface area (Å²) in [5, 5.41) is 4.22. The lowest BCUT2D eigenvalue weighted by atomic mass is 10.1. The molecule has 1 saturated heterocycles. The fraction of sp³-hybridized carbons (Fsp3) is 0.600. The van der Waals surface area contributed by atoms with Crippen molar-refractivity contribution in [2.24, 2.45) is 0 Å². The van der Waals surface area contributed by atoms with Crippen LogP contribution in [0.25, 0.3) is 0 Å². The van der Waals surface area contributed by atoms with Crippen molar-refractivity contribution in [2.75, 3.05) is 33.5 Å². The molecule has 1 heterocycles. The second-order valence-corrected chi connectivity index (χ2v) is 5.53. The highest BCUT2D eigenvalue weighted by Gasteiger charge is 2.30. The molecule has 1 aliphatic rings. The Morgan fingerprint density at radius 3 is 2.55 bits per heavy atom. The van der Waals surface area contributed by atoms with Crippen LogP contribution in [0, 0.1) is 0 Å². The van der Waals surface area contributed by atoms with Gasteiger partial charge in [-0.3, -0.25) is 0 Å². The number of ether oxygens (including phenoxy) is 3. The standard InChI is InChI=1S/C15H22ClNO3/c1-15(19-9-10-20-15)7-8-17-14(11-18-2)12-3-5-13(16)6-4-12/h3-6,14,17H,7-11H2,1-2H3/t14-/m1/s1. The van der Waals surface area contributed by atoms with Gasteiger partial charge in [0.05, 0.1) is 25.9 Å². The van der Waals surface area contributed by atoms with Crippen LogP contribution in [0.2, 0.25) is 5.02 Å². The Hall–Kier alpha value is -0.650. The molecule has 1 atom stereocenters. The second kappa shape index (κ2) is 7.38. The first-order chi connectivity index (χ1) is 9.63. The third kappa shape index (κ3) is 4.43. The monoisotopic (exact) mass is 299 g/mol. The van der Waals surface area contributed by atoms with Crippen LogP contribution in [-0.4, -0.2) is 39.3 Å². The van der Waals surface area contributed by atoms with Crippen molar-refractivity contribution in [1.29, 1.82) is 0 Å². The summed E-state index contributed by atoms with van der Waals surface area (Å²) in [4.78, 5) is 0. The van der Waals surface area contributed by atoms with Gasteiger partial charge in [0.1, 0.15) is 0 Å². The minimum Gasteiger partial charge on any atom is -0.383 e. The number of benzene rings is 1. The van der Waals surface area contributed by atoms with Crippen LogP contribution in [0.1, 0.15) is 24.9 Å². The van der Waals surface area contributed by atoms with Crippen molar-refractivity contribution < 1.29 is 14.2 Å². The van der Waals surface area contributed by atoms with E-state index < -0.39 is 5.79 Å². The second-order valence-electron chi connectivity index (χ2n) is 5.09. The number of hydrogen-bond acceptors (Lipinski definition) is 4. The van der Waals surface area contributed by atoms with Crippen molar-refractivity contribution >= 4 is 11.6 Å². The van der Waals surface area contributed by atoms with E-state index in [9.17, 15) is 0 Å². The van der Waals surface area contributed by atoms with Gasteiger partial charge in [-0.15, -0.1) is 0 Å². The smallest absolute Gasteiger partial charge is 0.166 e. The maximum Gasteiger partial charge on any atom is 0.166 e. The molecule has 1 N–H and O–H groups in total. The van der Waals surface area contributed by atoms with E-state index in [1.54, 1.807) is 7.11 Å². The molecular weight excluding hydrogens is 278 g/mol.